The fourth-order valence-electron chi connectivity index (χ4n) is 1.89. The molecule has 0 radical (unpaired) electrons. The van der Waals surface area contributed by atoms with Gasteiger partial charge in [0.05, 0.1) is 0 Å². The molecule has 0 unspecified atom stereocenters. The summed E-state index contributed by atoms with van der Waals surface area (Å²) in [6.45, 7) is 3.08. The molecule has 1 aliphatic rings. The number of amides is 1. The first kappa shape index (κ1) is 11.4. The van der Waals surface area contributed by atoms with Gasteiger partial charge in [-0.3, -0.25) is 0 Å². The molecule has 1 aliphatic heterocycles. The molecular formula is C13H13NOV. The van der Waals surface area contributed by atoms with Gasteiger partial charge < -0.3 is 0 Å². The van der Waals surface area contributed by atoms with Crippen LogP contribution in [0.4, 0.5) is 0 Å². The van der Waals surface area contributed by atoms with E-state index in [1.54, 1.807) is 6.92 Å². The number of carbonyl (C=O) groups is 1. The van der Waals surface area contributed by atoms with Crippen molar-refractivity contribution in [2.45, 2.75) is 6.92 Å². The topological polar surface area (TPSA) is 20.3 Å². The normalized spacial score (nSPS) is 14.8. The fraction of sp³-hybridized carbons (Fsp3) is 0.231. The summed E-state index contributed by atoms with van der Waals surface area (Å²) >= 11 is 2.48. The van der Waals surface area contributed by atoms with Crippen LogP contribution in [-0.4, -0.2) is 28.6 Å². The molecule has 2 nitrogen and oxygen atoms in total. The molecule has 0 saturated carbocycles. The predicted molar refractivity (Wildman–Crippen MR) is 61.8 cm³/mol. The van der Waals surface area contributed by atoms with E-state index >= 15 is 0 Å². The molecule has 0 atom stereocenters. The van der Waals surface area contributed by atoms with Crippen molar-refractivity contribution >= 4 is 16.2 Å². The average Bonchev–Trinajstić information content (AvgIpc) is 2.78. The number of rotatable bonds is 2. The van der Waals surface area contributed by atoms with Crippen molar-refractivity contribution in [3.8, 4) is 0 Å². The minimum absolute atomic E-state index is 0.139. The van der Waals surface area contributed by atoms with Crippen LogP contribution >= 0.6 is 0 Å². The molecule has 0 saturated heterocycles. The minimum atomic E-state index is 0.139. The molecule has 0 fully saturated rings. The van der Waals surface area contributed by atoms with E-state index in [9.17, 15) is 4.79 Å². The standard InChI is InChI=1S/C13H13NO.V/c1-10-5-3-4-6-13(10)12-7-8-14(9-12)11(2)15;/h1,3-7H,8-9H2,2H3;. The van der Waals surface area contributed by atoms with Crippen molar-refractivity contribution in [2.75, 3.05) is 13.1 Å². The quantitative estimate of drug-likeness (QED) is 0.781. The molecule has 1 aromatic rings. The van der Waals surface area contributed by atoms with Crippen LogP contribution in [0.2, 0.25) is 0 Å². The van der Waals surface area contributed by atoms with E-state index in [0.29, 0.717) is 0 Å². The molecule has 1 heterocycles. The molecule has 0 aromatic heterocycles. The van der Waals surface area contributed by atoms with Gasteiger partial charge in [0.1, 0.15) is 0 Å². The van der Waals surface area contributed by atoms with Gasteiger partial charge in [0.2, 0.25) is 0 Å². The number of carbonyl (C=O) groups excluding carboxylic acids is 1. The molecule has 1 amide bonds. The second-order valence-electron chi connectivity index (χ2n) is 3.85. The number of benzene rings is 1. The van der Waals surface area contributed by atoms with Crippen LogP contribution in [0.15, 0.2) is 30.3 Å². The van der Waals surface area contributed by atoms with Gasteiger partial charge in [-0.25, -0.2) is 0 Å². The molecule has 0 spiro atoms. The monoisotopic (exact) mass is 250 g/mol. The van der Waals surface area contributed by atoms with Gasteiger partial charge in [-0.15, -0.1) is 0 Å². The summed E-state index contributed by atoms with van der Waals surface area (Å²) in [5.74, 6) is 0.139. The Morgan fingerprint density at radius 1 is 1.44 bits per heavy atom. The zero-order valence-corrected chi connectivity index (χ0v) is 10.6. The van der Waals surface area contributed by atoms with E-state index in [1.807, 2.05) is 21.8 Å². The van der Waals surface area contributed by atoms with Gasteiger partial charge >= 0.3 is 104 Å². The summed E-state index contributed by atoms with van der Waals surface area (Å²) in [7, 11) is 0. The number of nitrogens with zero attached hydrogens (tertiary/aromatic N) is 1. The van der Waals surface area contributed by atoms with Crippen LogP contribution in [0.25, 0.3) is 5.57 Å². The van der Waals surface area contributed by atoms with E-state index in [-0.39, 0.29) is 5.91 Å². The summed E-state index contributed by atoms with van der Waals surface area (Å²) in [6.07, 6.45) is 2.14. The van der Waals surface area contributed by atoms with Crippen LogP contribution in [0.5, 0.6) is 0 Å². The van der Waals surface area contributed by atoms with Gasteiger partial charge in [-0.2, -0.15) is 0 Å². The summed E-state index contributed by atoms with van der Waals surface area (Å²) in [5, 5.41) is 0. The Morgan fingerprint density at radius 3 is 2.81 bits per heavy atom. The fourth-order valence-corrected chi connectivity index (χ4v) is 2.24. The van der Waals surface area contributed by atoms with Gasteiger partial charge in [0.25, 0.3) is 0 Å². The Morgan fingerprint density at radius 2 is 2.19 bits per heavy atom. The van der Waals surface area contributed by atoms with E-state index in [4.69, 9.17) is 0 Å². The van der Waals surface area contributed by atoms with Crippen LogP contribution in [0.1, 0.15) is 18.1 Å². The Hall–Kier alpha value is -1.12. The van der Waals surface area contributed by atoms with E-state index < -0.39 is 0 Å². The van der Waals surface area contributed by atoms with Crippen molar-refractivity contribution in [3.05, 3.63) is 41.5 Å². The molecule has 0 aliphatic carbocycles. The first-order chi connectivity index (χ1) is 7.72. The van der Waals surface area contributed by atoms with Gasteiger partial charge in [0, 0.05) is 0 Å². The van der Waals surface area contributed by atoms with Crippen LogP contribution in [-0.2, 0) is 21.8 Å². The molecule has 1 aromatic carbocycles. The second kappa shape index (κ2) is 4.81. The summed E-state index contributed by atoms with van der Waals surface area (Å²) in [4.78, 5) is 13.1. The molecule has 2 rings (SSSR count). The van der Waals surface area contributed by atoms with Crippen molar-refractivity contribution in [3.63, 3.8) is 0 Å². The van der Waals surface area contributed by atoms with E-state index in [0.717, 1.165) is 13.1 Å². The maximum atomic E-state index is 11.3. The summed E-state index contributed by atoms with van der Waals surface area (Å²) in [5.41, 5.74) is 3.68. The zero-order chi connectivity index (χ0) is 11.5. The predicted octanol–water partition coefficient (Wildman–Crippen LogP) is 1.63. The maximum absolute atomic E-state index is 11.3. The number of hydrogen-bond donors (Lipinski definition) is 0. The molecule has 81 valence electrons. The third-order valence-electron chi connectivity index (χ3n) is 2.81. The van der Waals surface area contributed by atoms with E-state index in [1.165, 1.54) is 16.7 Å². The third-order valence-corrected chi connectivity index (χ3v) is 3.24. The van der Waals surface area contributed by atoms with Crippen molar-refractivity contribution in [2.24, 2.45) is 0 Å². The zero-order valence-electron chi connectivity index (χ0n) is 9.18. The van der Waals surface area contributed by atoms with Crippen LogP contribution in [0.3, 0.4) is 0 Å². The van der Waals surface area contributed by atoms with Gasteiger partial charge in [0.15, 0.2) is 0 Å². The molecule has 3 heteroatoms. The SMILES string of the molecule is CC(=O)N1CC=C(c2ccccc2[CH]=[V])C1. The van der Waals surface area contributed by atoms with Crippen LogP contribution in [0, 0.1) is 0 Å². The Balaban J connectivity index is 2.27. The second-order valence-corrected chi connectivity index (χ2v) is 4.25. The molecule has 16 heavy (non-hydrogen) atoms. The van der Waals surface area contributed by atoms with E-state index in [2.05, 4.69) is 35.2 Å². The van der Waals surface area contributed by atoms with Crippen molar-refractivity contribution in [1.29, 1.82) is 0 Å². The molecule has 0 N–H and O–H groups in total. The third kappa shape index (κ3) is 2.18. The van der Waals surface area contributed by atoms with Crippen molar-refractivity contribution < 1.29 is 21.8 Å². The average molecular weight is 250 g/mol. The Bertz CT molecular complexity index is 465. The first-order valence-corrected chi connectivity index (χ1v) is 6.04. The Kier molecular flexibility index (Phi) is 3.42. The molecule has 0 bridgehead atoms. The first-order valence-electron chi connectivity index (χ1n) is 5.23. The summed E-state index contributed by atoms with van der Waals surface area (Å²) in [6, 6.07) is 8.26. The Labute approximate surface area is 104 Å². The van der Waals surface area contributed by atoms with Crippen molar-refractivity contribution in [1.82, 2.24) is 4.90 Å². The van der Waals surface area contributed by atoms with Gasteiger partial charge in [-0.1, -0.05) is 0 Å². The number of hydrogen-bond acceptors (Lipinski definition) is 1. The summed E-state index contributed by atoms with van der Waals surface area (Å²) < 4.78 is 2.04. The van der Waals surface area contributed by atoms with Crippen LogP contribution < -0.4 is 0 Å². The molecular weight excluding hydrogens is 237 g/mol. The van der Waals surface area contributed by atoms with Gasteiger partial charge in [-0.05, 0) is 0 Å².